The summed E-state index contributed by atoms with van der Waals surface area (Å²) in [6, 6.07) is 5.90. The standard InChI is InChI=1S/C17H20N6S/c1-12(2)9-23(3)15-8-13(4-6-18-15)16-19-11-20-17(22-16)21-14-5-7-24-10-14/h4-8,10-12H,9H2,1-3H3,(H,19,20,21,22). The predicted octanol–water partition coefficient (Wildman–Crippen LogP) is 3.83. The van der Waals surface area contributed by atoms with Gasteiger partial charge in [-0.1, -0.05) is 13.8 Å². The number of hydrogen-bond acceptors (Lipinski definition) is 7. The van der Waals surface area contributed by atoms with Crippen molar-refractivity contribution in [2.75, 3.05) is 23.8 Å². The van der Waals surface area contributed by atoms with Gasteiger partial charge in [-0.25, -0.2) is 15.0 Å². The Morgan fingerprint density at radius 1 is 1.21 bits per heavy atom. The van der Waals surface area contributed by atoms with Crippen molar-refractivity contribution in [2.45, 2.75) is 13.8 Å². The minimum atomic E-state index is 0.535. The smallest absolute Gasteiger partial charge is 0.230 e. The van der Waals surface area contributed by atoms with E-state index in [1.807, 2.05) is 36.0 Å². The highest BCUT2D eigenvalue weighted by Crippen LogP contribution is 2.21. The normalized spacial score (nSPS) is 10.8. The Bertz CT molecular complexity index is 787. The van der Waals surface area contributed by atoms with Crippen molar-refractivity contribution in [2.24, 2.45) is 5.92 Å². The number of thiophene rings is 1. The number of hydrogen-bond donors (Lipinski definition) is 1. The van der Waals surface area contributed by atoms with Gasteiger partial charge >= 0.3 is 0 Å². The molecule has 0 amide bonds. The first-order valence-corrected chi connectivity index (χ1v) is 8.72. The summed E-state index contributed by atoms with van der Waals surface area (Å²) in [6.45, 7) is 5.32. The molecule has 0 unspecified atom stereocenters. The van der Waals surface area contributed by atoms with Crippen LogP contribution in [0.3, 0.4) is 0 Å². The molecule has 7 heteroatoms. The van der Waals surface area contributed by atoms with Crippen LogP contribution < -0.4 is 10.2 Å². The summed E-state index contributed by atoms with van der Waals surface area (Å²) in [4.78, 5) is 19.6. The number of anilines is 3. The molecule has 1 N–H and O–H groups in total. The van der Waals surface area contributed by atoms with Crippen molar-refractivity contribution in [3.8, 4) is 11.4 Å². The number of nitrogens with one attached hydrogen (secondary N) is 1. The third kappa shape index (κ3) is 4.05. The molecule has 0 aliphatic heterocycles. The molecule has 0 aliphatic rings. The molecule has 0 aromatic carbocycles. The van der Waals surface area contributed by atoms with Gasteiger partial charge < -0.3 is 10.2 Å². The van der Waals surface area contributed by atoms with Gasteiger partial charge in [-0.05, 0) is 29.5 Å². The molecule has 124 valence electrons. The van der Waals surface area contributed by atoms with E-state index in [1.165, 1.54) is 6.33 Å². The fourth-order valence-corrected chi connectivity index (χ4v) is 2.96. The second-order valence-corrected chi connectivity index (χ2v) is 6.73. The second kappa shape index (κ2) is 7.35. The molecule has 6 nitrogen and oxygen atoms in total. The van der Waals surface area contributed by atoms with Gasteiger partial charge in [0.2, 0.25) is 5.95 Å². The zero-order valence-corrected chi connectivity index (χ0v) is 14.8. The van der Waals surface area contributed by atoms with Crippen molar-refractivity contribution < 1.29 is 0 Å². The molecule has 0 saturated carbocycles. The fraction of sp³-hybridized carbons (Fsp3) is 0.294. The van der Waals surface area contributed by atoms with Gasteiger partial charge in [0.05, 0.1) is 5.69 Å². The van der Waals surface area contributed by atoms with E-state index in [0.717, 1.165) is 23.6 Å². The maximum Gasteiger partial charge on any atom is 0.230 e. The monoisotopic (exact) mass is 340 g/mol. The Hall–Kier alpha value is -2.54. The highest BCUT2D eigenvalue weighted by Gasteiger charge is 2.09. The van der Waals surface area contributed by atoms with Gasteiger partial charge in [-0.15, -0.1) is 0 Å². The van der Waals surface area contributed by atoms with Crippen molar-refractivity contribution in [1.82, 2.24) is 19.9 Å². The van der Waals surface area contributed by atoms with Crippen molar-refractivity contribution >= 4 is 28.8 Å². The lowest BCUT2D eigenvalue weighted by Crippen LogP contribution is -2.23. The van der Waals surface area contributed by atoms with Gasteiger partial charge in [-0.2, -0.15) is 16.3 Å². The molecule has 3 heterocycles. The van der Waals surface area contributed by atoms with Gasteiger partial charge in [0, 0.05) is 30.7 Å². The van der Waals surface area contributed by atoms with Crippen molar-refractivity contribution in [3.63, 3.8) is 0 Å². The summed E-state index contributed by atoms with van der Waals surface area (Å²) in [5, 5.41) is 7.19. The van der Waals surface area contributed by atoms with E-state index in [2.05, 4.69) is 44.0 Å². The maximum absolute atomic E-state index is 4.50. The average molecular weight is 340 g/mol. The fourth-order valence-electron chi connectivity index (χ4n) is 2.37. The van der Waals surface area contributed by atoms with Crippen molar-refractivity contribution in [3.05, 3.63) is 41.5 Å². The van der Waals surface area contributed by atoms with Crippen LogP contribution in [0.1, 0.15) is 13.8 Å². The molecule has 3 aromatic rings. The topological polar surface area (TPSA) is 66.8 Å². The van der Waals surface area contributed by atoms with E-state index in [9.17, 15) is 0 Å². The highest BCUT2D eigenvalue weighted by molar-refractivity contribution is 7.08. The summed E-state index contributed by atoms with van der Waals surface area (Å²) in [6.07, 6.45) is 3.31. The van der Waals surface area contributed by atoms with Gasteiger partial charge in [0.1, 0.15) is 12.1 Å². The number of rotatable bonds is 6. The lowest BCUT2D eigenvalue weighted by Gasteiger charge is -2.20. The molecule has 0 fully saturated rings. The molecular formula is C17H20N6S. The van der Waals surface area contributed by atoms with E-state index in [0.29, 0.717) is 17.7 Å². The number of aromatic nitrogens is 4. The minimum Gasteiger partial charge on any atom is -0.359 e. The third-order valence-corrected chi connectivity index (χ3v) is 4.07. The summed E-state index contributed by atoms with van der Waals surface area (Å²) in [7, 11) is 2.04. The molecule has 0 spiro atoms. The van der Waals surface area contributed by atoms with Crippen LogP contribution in [0.15, 0.2) is 41.5 Å². The van der Waals surface area contributed by atoms with E-state index in [4.69, 9.17) is 0 Å². The lowest BCUT2D eigenvalue weighted by atomic mass is 10.2. The molecule has 24 heavy (non-hydrogen) atoms. The van der Waals surface area contributed by atoms with E-state index in [1.54, 1.807) is 17.5 Å². The van der Waals surface area contributed by atoms with E-state index in [-0.39, 0.29) is 0 Å². The Morgan fingerprint density at radius 2 is 2.08 bits per heavy atom. The largest absolute Gasteiger partial charge is 0.359 e. The predicted molar refractivity (Wildman–Crippen MR) is 98.8 cm³/mol. The van der Waals surface area contributed by atoms with Crippen LogP contribution in [0.25, 0.3) is 11.4 Å². The van der Waals surface area contributed by atoms with Gasteiger partial charge in [-0.3, -0.25) is 0 Å². The summed E-state index contributed by atoms with van der Waals surface area (Å²) in [5.41, 5.74) is 1.90. The lowest BCUT2D eigenvalue weighted by molar-refractivity contribution is 0.635. The first-order valence-electron chi connectivity index (χ1n) is 7.77. The summed E-state index contributed by atoms with van der Waals surface area (Å²) >= 11 is 1.62. The Balaban J connectivity index is 1.83. The van der Waals surface area contributed by atoms with Gasteiger partial charge in [0.15, 0.2) is 5.82 Å². The van der Waals surface area contributed by atoms with E-state index >= 15 is 0 Å². The zero-order chi connectivity index (χ0) is 16.9. The van der Waals surface area contributed by atoms with Crippen LogP contribution in [0.5, 0.6) is 0 Å². The van der Waals surface area contributed by atoms with Crippen LogP contribution in [-0.2, 0) is 0 Å². The molecule has 0 aliphatic carbocycles. The maximum atomic E-state index is 4.50. The van der Waals surface area contributed by atoms with Crippen LogP contribution >= 0.6 is 11.3 Å². The Labute approximate surface area is 145 Å². The Morgan fingerprint density at radius 3 is 2.83 bits per heavy atom. The van der Waals surface area contributed by atoms with Gasteiger partial charge in [0.25, 0.3) is 0 Å². The molecular weight excluding hydrogens is 320 g/mol. The van der Waals surface area contributed by atoms with Crippen molar-refractivity contribution in [1.29, 1.82) is 0 Å². The van der Waals surface area contributed by atoms with Crippen LogP contribution in [0.2, 0.25) is 0 Å². The Kier molecular flexibility index (Phi) is 5.00. The zero-order valence-electron chi connectivity index (χ0n) is 14.0. The number of pyridine rings is 1. The quantitative estimate of drug-likeness (QED) is 0.735. The second-order valence-electron chi connectivity index (χ2n) is 5.95. The first-order chi connectivity index (χ1) is 11.6. The third-order valence-electron chi connectivity index (χ3n) is 3.38. The molecule has 3 aromatic heterocycles. The SMILES string of the molecule is CC(C)CN(C)c1cc(-c2ncnc(Nc3ccsc3)n2)ccn1. The van der Waals surface area contributed by atoms with Crippen LogP contribution in [-0.4, -0.2) is 33.5 Å². The molecule has 0 bridgehead atoms. The summed E-state index contributed by atoms with van der Waals surface area (Å²) < 4.78 is 0. The van der Waals surface area contributed by atoms with Crippen LogP contribution in [0, 0.1) is 5.92 Å². The summed E-state index contributed by atoms with van der Waals surface area (Å²) in [5.74, 6) is 2.64. The molecule has 0 saturated heterocycles. The minimum absolute atomic E-state index is 0.535. The first kappa shape index (κ1) is 16.3. The average Bonchev–Trinajstić information content (AvgIpc) is 3.07. The molecule has 0 radical (unpaired) electrons. The van der Waals surface area contributed by atoms with Crippen LogP contribution in [0.4, 0.5) is 17.5 Å². The molecule has 0 atom stereocenters. The highest BCUT2D eigenvalue weighted by atomic mass is 32.1. The molecule has 3 rings (SSSR count). The van der Waals surface area contributed by atoms with E-state index < -0.39 is 0 Å². The number of nitrogens with zero attached hydrogens (tertiary/aromatic N) is 5.